The van der Waals surface area contributed by atoms with Gasteiger partial charge in [0, 0.05) is 11.0 Å². The Bertz CT molecular complexity index is 1250. The van der Waals surface area contributed by atoms with Crippen LogP contribution in [0.2, 0.25) is 0 Å². The number of carbonyl (C=O) groups excluding carboxylic acids is 2. The molecule has 2 aromatic heterocycles. The van der Waals surface area contributed by atoms with E-state index in [1.54, 1.807) is 19.1 Å². The van der Waals surface area contributed by atoms with E-state index in [1.165, 1.54) is 40.6 Å². The predicted octanol–water partition coefficient (Wildman–Crippen LogP) is 0.00300. The number of carboxylic acids is 1. The summed E-state index contributed by atoms with van der Waals surface area (Å²) in [5.41, 5.74) is 6.12. The average molecular weight is 532 g/mol. The number of nitrogens with two attached hydrogens (primary N) is 1. The van der Waals surface area contributed by atoms with E-state index in [0.29, 0.717) is 16.5 Å². The molecule has 5 N–H and O–H groups in total. The highest BCUT2D eigenvalue weighted by molar-refractivity contribution is 8.01. The van der Waals surface area contributed by atoms with Crippen molar-refractivity contribution in [2.75, 3.05) is 18.1 Å². The molecule has 2 aliphatic heterocycles. The number of nitrogens with one attached hydrogen (secondary N) is 2. The summed E-state index contributed by atoms with van der Waals surface area (Å²) in [5, 5.41) is 29.4. The first-order valence-corrected chi connectivity index (χ1v) is 12.4. The molecule has 36 heavy (non-hydrogen) atoms. The minimum absolute atomic E-state index is 0.0449. The molecule has 188 valence electrons. The molecule has 2 amide bonds. The number of pyridine rings is 1. The number of tetrazole rings is 1. The highest BCUT2D eigenvalue weighted by Crippen LogP contribution is 2.43. The number of hydrogen-bond acceptors (Lipinski definition) is 12. The SMILES string of the molecule is C=CCON=C(C(=O)NC1C(=O)N2C(C(=O)O)=C(C(C)Sc3nn[nH]n3)CS[C@H]12)c1cccc(N)n1. The zero-order valence-electron chi connectivity index (χ0n) is 18.8. The van der Waals surface area contributed by atoms with Crippen molar-refractivity contribution in [1.82, 2.24) is 35.8 Å². The van der Waals surface area contributed by atoms with Crippen LogP contribution in [0, 0.1) is 0 Å². The fourth-order valence-electron chi connectivity index (χ4n) is 3.54. The molecule has 0 aliphatic carbocycles. The molecule has 3 atom stereocenters. The summed E-state index contributed by atoms with van der Waals surface area (Å²) in [5.74, 6) is -2.02. The van der Waals surface area contributed by atoms with Crippen molar-refractivity contribution in [3.05, 3.63) is 47.8 Å². The van der Waals surface area contributed by atoms with Crippen LogP contribution in [0.1, 0.15) is 12.6 Å². The van der Waals surface area contributed by atoms with Crippen molar-refractivity contribution >= 4 is 52.8 Å². The smallest absolute Gasteiger partial charge is 0.352 e. The van der Waals surface area contributed by atoms with Gasteiger partial charge in [0.1, 0.15) is 35.2 Å². The van der Waals surface area contributed by atoms with E-state index in [4.69, 9.17) is 10.6 Å². The average Bonchev–Trinajstić information content (AvgIpc) is 3.37. The van der Waals surface area contributed by atoms with Crippen molar-refractivity contribution in [2.45, 2.75) is 28.7 Å². The number of aromatic amines is 1. The number of carbonyl (C=O) groups is 3. The number of thioether (sulfide) groups is 2. The van der Waals surface area contributed by atoms with Gasteiger partial charge in [0.15, 0.2) is 5.71 Å². The molecular formula is C20H21N9O5S2. The maximum Gasteiger partial charge on any atom is 0.352 e. The zero-order chi connectivity index (χ0) is 25.8. The van der Waals surface area contributed by atoms with E-state index in [9.17, 15) is 19.5 Å². The molecule has 16 heteroatoms. The number of hydrogen-bond donors (Lipinski definition) is 4. The van der Waals surface area contributed by atoms with Gasteiger partial charge in [-0.05, 0) is 29.8 Å². The largest absolute Gasteiger partial charge is 0.477 e. The van der Waals surface area contributed by atoms with Gasteiger partial charge in [-0.25, -0.2) is 9.78 Å². The maximum atomic E-state index is 13.1. The van der Waals surface area contributed by atoms with Crippen LogP contribution in [0.5, 0.6) is 0 Å². The van der Waals surface area contributed by atoms with Crippen LogP contribution in [0.4, 0.5) is 5.82 Å². The summed E-state index contributed by atoms with van der Waals surface area (Å²) in [4.78, 5) is 48.6. The summed E-state index contributed by atoms with van der Waals surface area (Å²) >= 11 is 2.56. The number of nitrogens with zero attached hydrogens (tertiary/aromatic N) is 6. The summed E-state index contributed by atoms with van der Waals surface area (Å²) in [6.07, 6.45) is 1.45. The monoisotopic (exact) mass is 531 g/mol. The number of aromatic nitrogens is 5. The summed E-state index contributed by atoms with van der Waals surface area (Å²) in [6.45, 7) is 5.37. The van der Waals surface area contributed by atoms with E-state index in [2.05, 4.69) is 42.7 Å². The molecule has 0 radical (unpaired) electrons. The number of nitrogen functional groups attached to an aromatic ring is 1. The number of amides is 2. The van der Waals surface area contributed by atoms with Gasteiger partial charge in [0.2, 0.25) is 5.16 Å². The Hall–Kier alpha value is -3.92. The minimum Gasteiger partial charge on any atom is -0.477 e. The quantitative estimate of drug-likeness (QED) is 0.0799. The molecule has 2 unspecified atom stereocenters. The maximum absolute atomic E-state index is 13.1. The molecule has 14 nitrogen and oxygen atoms in total. The Balaban J connectivity index is 1.53. The lowest BCUT2D eigenvalue weighted by Crippen LogP contribution is -2.71. The topological polar surface area (TPSA) is 202 Å². The first-order valence-electron chi connectivity index (χ1n) is 10.5. The second kappa shape index (κ2) is 10.8. The highest BCUT2D eigenvalue weighted by atomic mass is 32.2. The normalized spacial score (nSPS) is 20.3. The van der Waals surface area contributed by atoms with Gasteiger partial charge in [0.25, 0.3) is 11.8 Å². The Morgan fingerprint density at radius 1 is 1.53 bits per heavy atom. The second-order valence-corrected chi connectivity index (χ2v) is 9.88. The van der Waals surface area contributed by atoms with Gasteiger partial charge in [0.05, 0.1) is 0 Å². The molecule has 1 fully saturated rings. The molecule has 2 aliphatic rings. The van der Waals surface area contributed by atoms with Gasteiger partial charge in [-0.3, -0.25) is 14.5 Å². The molecule has 2 aromatic rings. The number of fused-ring (bicyclic) bond motifs is 1. The molecule has 0 aromatic carbocycles. The summed E-state index contributed by atoms with van der Waals surface area (Å²) < 4.78 is 0. The number of aliphatic carboxylic acids is 1. The van der Waals surface area contributed by atoms with Crippen LogP contribution < -0.4 is 11.1 Å². The molecular weight excluding hydrogens is 510 g/mol. The first-order chi connectivity index (χ1) is 17.3. The van der Waals surface area contributed by atoms with Crippen molar-refractivity contribution in [3.8, 4) is 0 Å². The van der Waals surface area contributed by atoms with Crippen LogP contribution in [0.25, 0.3) is 0 Å². The van der Waals surface area contributed by atoms with Crippen LogP contribution in [0.3, 0.4) is 0 Å². The van der Waals surface area contributed by atoms with E-state index < -0.39 is 29.2 Å². The standard InChI is InChI=1S/C20H21N9O5S2/c1-3-7-34-26-13(11-5-4-6-12(21)22-11)16(30)23-14-17(31)29-15(19(32)33)10(8-35-18(14)29)9(2)36-20-24-27-28-25-20/h3-6,9,14,18H,1,7-8H2,2H3,(H2,21,22)(H,23,30)(H,32,33)(H,24,25,27,28)/t9?,14?,18-/m1/s1. The molecule has 0 spiro atoms. The van der Waals surface area contributed by atoms with Crippen molar-refractivity contribution in [1.29, 1.82) is 0 Å². The lowest BCUT2D eigenvalue weighted by Gasteiger charge is -2.49. The highest BCUT2D eigenvalue weighted by Gasteiger charge is 2.55. The Labute approximate surface area is 212 Å². The minimum atomic E-state index is -1.24. The Kier molecular flexibility index (Phi) is 7.54. The molecule has 1 saturated heterocycles. The third-order valence-electron chi connectivity index (χ3n) is 5.16. The van der Waals surface area contributed by atoms with Gasteiger partial charge in [-0.15, -0.1) is 22.0 Å². The number of carboxylic acid groups (broad SMARTS) is 1. The van der Waals surface area contributed by atoms with Gasteiger partial charge in [-0.1, -0.05) is 35.6 Å². The molecule has 4 heterocycles. The number of anilines is 1. The van der Waals surface area contributed by atoms with Gasteiger partial charge >= 0.3 is 5.97 Å². The lowest BCUT2D eigenvalue weighted by atomic mass is 10.0. The lowest BCUT2D eigenvalue weighted by molar-refractivity contribution is -0.150. The van der Waals surface area contributed by atoms with Crippen molar-refractivity contribution in [3.63, 3.8) is 0 Å². The fourth-order valence-corrected chi connectivity index (χ4v) is 5.95. The third kappa shape index (κ3) is 5.03. The van der Waals surface area contributed by atoms with Crippen molar-refractivity contribution < 1.29 is 24.3 Å². The van der Waals surface area contributed by atoms with Crippen molar-refractivity contribution in [2.24, 2.45) is 5.16 Å². The van der Waals surface area contributed by atoms with Crippen LogP contribution in [-0.4, -0.2) is 88.1 Å². The Morgan fingerprint density at radius 3 is 3.00 bits per heavy atom. The van der Waals surface area contributed by atoms with Crippen LogP contribution >= 0.6 is 23.5 Å². The number of oxime groups is 1. The first kappa shape index (κ1) is 25.2. The predicted molar refractivity (Wildman–Crippen MR) is 131 cm³/mol. The van der Waals surface area contributed by atoms with Crippen LogP contribution in [-0.2, 0) is 19.2 Å². The second-order valence-electron chi connectivity index (χ2n) is 7.47. The third-order valence-corrected chi connectivity index (χ3v) is 7.49. The van der Waals surface area contributed by atoms with Crippen LogP contribution in [0.15, 0.2) is 52.4 Å². The fraction of sp³-hybridized carbons (Fsp3) is 0.300. The summed E-state index contributed by atoms with van der Waals surface area (Å²) in [6, 6.07) is 3.70. The van der Waals surface area contributed by atoms with E-state index in [0.717, 1.165) is 0 Å². The van der Waals surface area contributed by atoms with E-state index >= 15 is 0 Å². The zero-order valence-corrected chi connectivity index (χ0v) is 20.5. The van der Waals surface area contributed by atoms with E-state index in [1.807, 2.05) is 0 Å². The van der Waals surface area contributed by atoms with Gasteiger partial charge in [-0.2, -0.15) is 5.21 Å². The number of H-pyrrole nitrogens is 1. The van der Waals surface area contributed by atoms with E-state index in [-0.39, 0.29) is 34.8 Å². The Morgan fingerprint density at radius 2 is 2.33 bits per heavy atom. The molecule has 0 bridgehead atoms. The number of rotatable bonds is 10. The molecule has 4 rings (SSSR count). The number of β-lactam (4-membered cyclic amide) rings is 1. The summed E-state index contributed by atoms with van der Waals surface area (Å²) in [7, 11) is 0. The van der Waals surface area contributed by atoms with Gasteiger partial charge < -0.3 is 21.0 Å². The molecule has 0 saturated carbocycles.